The third-order valence-electron chi connectivity index (χ3n) is 4.60. The van der Waals surface area contributed by atoms with Gasteiger partial charge in [0.1, 0.15) is 5.60 Å². The van der Waals surface area contributed by atoms with Gasteiger partial charge in [-0.25, -0.2) is 14.8 Å². The molecule has 0 bridgehead atoms. The van der Waals surface area contributed by atoms with Gasteiger partial charge in [-0.2, -0.15) is 5.10 Å². The van der Waals surface area contributed by atoms with Gasteiger partial charge in [0.2, 0.25) is 5.96 Å². The van der Waals surface area contributed by atoms with Gasteiger partial charge in [0, 0.05) is 49.0 Å². The van der Waals surface area contributed by atoms with E-state index in [0.29, 0.717) is 26.2 Å². The fourth-order valence-corrected chi connectivity index (χ4v) is 4.05. The van der Waals surface area contributed by atoms with Crippen molar-refractivity contribution in [3.05, 3.63) is 28.6 Å². The Morgan fingerprint density at radius 2 is 2.04 bits per heavy atom. The first kappa shape index (κ1) is 20.4. The van der Waals surface area contributed by atoms with E-state index in [1.807, 2.05) is 38.9 Å². The van der Waals surface area contributed by atoms with Gasteiger partial charge >= 0.3 is 6.09 Å². The van der Waals surface area contributed by atoms with Gasteiger partial charge < -0.3 is 14.5 Å². The Hall–Kier alpha value is -2.35. The molecule has 1 saturated heterocycles. The predicted molar refractivity (Wildman–Crippen MR) is 115 cm³/mol. The molecule has 0 aliphatic carbocycles. The number of ether oxygens (including phenoxy) is 1. The quantitative estimate of drug-likeness (QED) is 0.707. The Balaban J connectivity index is 1.73. The molecule has 2 aliphatic heterocycles. The monoisotopic (exact) mass is 403 g/mol. The summed E-state index contributed by atoms with van der Waals surface area (Å²) in [5, 5.41) is 8.62. The molecular formula is C20H29N5O2S. The highest BCUT2D eigenvalue weighted by atomic mass is 32.1. The van der Waals surface area contributed by atoms with Crippen LogP contribution in [0.2, 0.25) is 0 Å². The number of carbonyl (C=O) groups is 1. The molecule has 3 heterocycles. The Bertz CT molecular complexity index is 771. The summed E-state index contributed by atoms with van der Waals surface area (Å²) in [6.07, 6.45) is 3.49. The van der Waals surface area contributed by atoms with Crippen molar-refractivity contribution in [3.63, 3.8) is 0 Å². The van der Waals surface area contributed by atoms with Crippen molar-refractivity contribution >= 4 is 35.2 Å². The average molecular weight is 404 g/mol. The van der Waals surface area contributed by atoms with Crippen LogP contribution >= 0.6 is 11.3 Å². The van der Waals surface area contributed by atoms with Gasteiger partial charge in [0.25, 0.3) is 0 Å². The van der Waals surface area contributed by atoms with E-state index in [-0.39, 0.29) is 12.1 Å². The standard InChI is InChI=1S/C20H29N5O2S/c1-6-22-25-15(2)16(17-8-7-13-28-17)14-21-18(25)23-9-11-24(12-10-23)19(26)27-20(3,4)5/h6-8,13-15H,9-12H2,1-5H3/b22-6-. The fourth-order valence-electron chi connectivity index (χ4n) is 3.23. The zero-order chi connectivity index (χ0) is 20.3. The zero-order valence-electron chi connectivity index (χ0n) is 17.3. The summed E-state index contributed by atoms with van der Waals surface area (Å²) in [6.45, 7) is 12.3. The molecule has 1 unspecified atom stereocenters. The van der Waals surface area contributed by atoms with E-state index in [4.69, 9.17) is 9.73 Å². The number of rotatable bonds is 2. The van der Waals surface area contributed by atoms with Crippen molar-refractivity contribution in [1.29, 1.82) is 0 Å². The normalized spacial score (nSPS) is 21.0. The number of piperazine rings is 1. The van der Waals surface area contributed by atoms with Gasteiger partial charge in [-0.1, -0.05) is 6.07 Å². The van der Waals surface area contributed by atoms with Crippen molar-refractivity contribution in [2.75, 3.05) is 26.2 Å². The molecule has 0 aromatic carbocycles. The molecule has 3 rings (SSSR count). The molecule has 1 aromatic rings. The second-order valence-corrected chi connectivity index (χ2v) is 8.79. The molecule has 0 N–H and O–H groups in total. The van der Waals surface area contributed by atoms with Crippen LogP contribution in [-0.2, 0) is 4.74 Å². The summed E-state index contributed by atoms with van der Waals surface area (Å²) in [5.74, 6) is 0.828. The molecule has 2 aliphatic rings. The van der Waals surface area contributed by atoms with Gasteiger partial charge in [0.15, 0.2) is 0 Å². The van der Waals surface area contributed by atoms with E-state index >= 15 is 0 Å². The fraction of sp³-hybridized carbons (Fsp3) is 0.550. The highest BCUT2D eigenvalue weighted by Crippen LogP contribution is 2.30. The van der Waals surface area contributed by atoms with Crippen molar-refractivity contribution in [1.82, 2.24) is 14.8 Å². The maximum atomic E-state index is 12.3. The molecule has 8 heteroatoms. The Morgan fingerprint density at radius 1 is 1.32 bits per heavy atom. The van der Waals surface area contributed by atoms with Gasteiger partial charge in [-0.3, -0.25) is 0 Å². The lowest BCUT2D eigenvalue weighted by Crippen LogP contribution is -2.56. The molecule has 7 nitrogen and oxygen atoms in total. The van der Waals surface area contributed by atoms with Gasteiger partial charge in [-0.15, -0.1) is 11.3 Å². The molecule has 1 fully saturated rings. The Labute approximate surface area is 171 Å². The maximum Gasteiger partial charge on any atom is 0.410 e. The minimum Gasteiger partial charge on any atom is -0.444 e. The number of guanidine groups is 1. The van der Waals surface area contributed by atoms with E-state index in [9.17, 15) is 4.79 Å². The molecule has 1 amide bonds. The summed E-state index contributed by atoms with van der Waals surface area (Å²) < 4.78 is 5.49. The van der Waals surface area contributed by atoms with Crippen LogP contribution in [-0.4, -0.2) is 70.9 Å². The Morgan fingerprint density at radius 3 is 2.61 bits per heavy atom. The first-order valence-electron chi connectivity index (χ1n) is 9.62. The van der Waals surface area contributed by atoms with E-state index in [2.05, 4.69) is 34.4 Å². The lowest BCUT2D eigenvalue weighted by Gasteiger charge is -2.41. The first-order valence-corrected chi connectivity index (χ1v) is 10.5. The second kappa shape index (κ2) is 8.34. The number of thiophene rings is 1. The number of hydrogen-bond acceptors (Lipinski definition) is 7. The van der Waals surface area contributed by atoms with Crippen molar-refractivity contribution < 1.29 is 9.53 Å². The predicted octanol–water partition coefficient (Wildman–Crippen LogP) is 3.71. The number of hydrazone groups is 1. The van der Waals surface area contributed by atoms with Crippen LogP contribution < -0.4 is 0 Å². The van der Waals surface area contributed by atoms with Gasteiger partial charge in [-0.05, 0) is 46.1 Å². The van der Waals surface area contributed by atoms with E-state index in [1.54, 1.807) is 22.5 Å². The van der Waals surface area contributed by atoms with Crippen LogP contribution in [0.25, 0.3) is 5.57 Å². The minimum absolute atomic E-state index is 0.0891. The lowest BCUT2D eigenvalue weighted by molar-refractivity contribution is 0.0180. The lowest BCUT2D eigenvalue weighted by atomic mass is 10.1. The topological polar surface area (TPSA) is 60.7 Å². The molecule has 0 radical (unpaired) electrons. The third kappa shape index (κ3) is 4.55. The molecule has 1 aromatic heterocycles. The molecule has 152 valence electrons. The molecule has 0 spiro atoms. The Kier molecular flexibility index (Phi) is 6.07. The van der Waals surface area contributed by atoms with Crippen LogP contribution in [0, 0.1) is 0 Å². The smallest absolute Gasteiger partial charge is 0.410 e. The van der Waals surface area contributed by atoms with Crippen LogP contribution in [0.1, 0.15) is 39.5 Å². The zero-order valence-corrected chi connectivity index (χ0v) is 18.1. The minimum atomic E-state index is -0.479. The van der Waals surface area contributed by atoms with Crippen LogP contribution in [0.4, 0.5) is 4.79 Å². The van der Waals surface area contributed by atoms with Crippen molar-refractivity contribution in [2.24, 2.45) is 10.1 Å². The molecule has 28 heavy (non-hydrogen) atoms. The highest BCUT2D eigenvalue weighted by Gasteiger charge is 2.33. The maximum absolute atomic E-state index is 12.3. The van der Waals surface area contributed by atoms with Crippen LogP contribution in [0.5, 0.6) is 0 Å². The number of hydrogen-bond donors (Lipinski definition) is 0. The summed E-state index contributed by atoms with van der Waals surface area (Å²) in [6, 6.07) is 4.25. The van der Waals surface area contributed by atoms with E-state index < -0.39 is 5.60 Å². The summed E-state index contributed by atoms with van der Waals surface area (Å²) in [7, 11) is 0. The van der Waals surface area contributed by atoms with Crippen LogP contribution in [0.3, 0.4) is 0 Å². The largest absolute Gasteiger partial charge is 0.444 e. The summed E-state index contributed by atoms with van der Waals surface area (Å²) in [5.41, 5.74) is 0.684. The molecule has 1 atom stereocenters. The second-order valence-electron chi connectivity index (χ2n) is 7.84. The molecule has 0 saturated carbocycles. The number of nitrogens with zero attached hydrogens (tertiary/aromatic N) is 5. The number of amides is 1. The SMILES string of the molecule is C/C=N\N1C(N2CCN(C(=O)OC(C)(C)C)CC2)=NC=C(c2cccs2)C1C. The number of carbonyl (C=O) groups excluding carboxylic acids is 1. The van der Waals surface area contributed by atoms with Crippen LogP contribution in [0.15, 0.2) is 33.8 Å². The first-order chi connectivity index (χ1) is 13.3. The van der Waals surface area contributed by atoms with E-state index in [0.717, 1.165) is 11.5 Å². The van der Waals surface area contributed by atoms with Crippen molar-refractivity contribution in [3.8, 4) is 0 Å². The third-order valence-corrected chi connectivity index (χ3v) is 5.52. The summed E-state index contributed by atoms with van der Waals surface area (Å²) >= 11 is 1.71. The highest BCUT2D eigenvalue weighted by molar-refractivity contribution is 7.11. The number of aliphatic imine (C=N–C) groups is 1. The molecular weight excluding hydrogens is 374 g/mol. The average Bonchev–Trinajstić information content (AvgIpc) is 3.16. The summed E-state index contributed by atoms with van der Waals surface area (Å²) in [4.78, 5) is 22.2. The van der Waals surface area contributed by atoms with Crippen molar-refractivity contribution in [2.45, 2.75) is 46.3 Å². The van der Waals surface area contributed by atoms with E-state index in [1.165, 1.54) is 4.88 Å². The van der Waals surface area contributed by atoms with Gasteiger partial charge in [0.05, 0.1) is 6.04 Å².